The van der Waals surface area contributed by atoms with Gasteiger partial charge in [0, 0.05) is 31.4 Å². The number of nitrogens with zero attached hydrogens (tertiary/aromatic N) is 4. The van der Waals surface area contributed by atoms with E-state index < -0.39 is 0 Å². The van der Waals surface area contributed by atoms with E-state index in [2.05, 4.69) is 15.0 Å². The number of carbonyl (C=O) groups excluding carboxylic acids is 1. The van der Waals surface area contributed by atoms with Gasteiger partial charge in [-0.1, -0.05) is 0 Å². The molecule has 1 saturated heterocycles. The Bertz CT molecular complexity index is 569. The standard InChI is InChI=1S/C14H18N4OS/c1-2-18-10-11(9-15-18)8-12-13(19)16-14(20-12)17-6-4-3-5-7-17/h8-10H,2-7H2,1H3. The summed E-state index contributed by atoms with van der Waals surface area (Å²) in [4.78, 5) is 19.1. The third kappa shape index (κ3) is 2.80. The largest absolute Gasteiger partial charge is 0.351 e. The molecule has 0 spiro atoms. The SMILES string of the molecule is CCn1cc(C=C2SC(N3CCCCC3)=NC2=O)cn1. The van der Waals surface area contributed by atoms with Crippen LogP contribution in [0.4, 0.5) is 0 Å². The number of piperidine rings is 1. The molecule has 0 unspecified atom stereocenters. The Labute approximate surface area is 122 Å². The summed E-state index contributed by atoms with van der Waals surface area (Å²) < 4.78 is 1.85. The maximum atomic E-state index is 12.0. The van der Waals surface area contributed by atoms with Crippen LogP contribution < -0.4 is 0 Å². The van der Waals surface area contributed by atoms with Gasteiger partial charge in [0.2, 0.25) is 0 Å². The van der Waals surface area contributed by atoms with Gasteiger partial charge in [0.25, 0.3) is 5.91 Å². The summed E-state index contributed by atoms with van der Waals surface area (Å²) in [5.41, 5.74) is 0.956. The van der Waals surface area contributed by atoms with E-state index in [1.807, 2.05) is 23.9 Å². The van der Waals surface area contributed by atoms with E-state index in [9.17, 15) is 4.79 Å². The second-order valence-corrected chi connectivity index (χ2v) is 6.00. The molecule has 5 nitrogen and oxygen atoms in total. The molecule has 0 bridgehead atoms. The van der Waals surface area contributed by atoms with Gasteiger partial charge in [-0.25, -0.2) is 0 Å². The number of amides is 1. The minimum absolute atomic E-state index is 0.125. The van der Waals surface area contributed by atoms with E-state index in [0.29, 0.717) is 4.91 Å². The normalized spacial score (nSPS) is 21.6. The molecule has 3 rings (SSSR count). The zero-order chi connectivity index (χ0) is 13.9. The fourth-order valence-electron chi connectivity index (χ4n) is 2.40. The summed E-state index contributed by atoms with van der Waals surface area (Å²) in [6.07, 6.45) is 9.27. The summed E-state index contributed by atoms with van der Waals surface area (Å²) in [6.45, 7) is 4.90. The Hall–Kier alpha value is -1.56. The van der Waals surface area contributed by atoms with Crippen LogP contribution in [0.15, 0.2) is 22.3 Å². The van der Waals surface area contributed by atoms with Gasteiger partial charge in [-0.05, 0) is 44.0 Å². The van der Waals surface area contributed by atoms with Crippen LogP contribution in [0.1, 0.15) is 31.7 Å². The van der Waals surface area contributed by atoms with Crippen molar-refractivity contribution < 1.29 is 4.79 Å². The molecule has 3 heterocycles. The minimum atomic E-state index is -0.125. The summed E-state index contributed by atoms with van der Waals surface area (Å²) in [5.74, 6) is -0.125. The Morgan fingerprint density at radius 1 is 1.35 bits per heavy atom. The molecule has 1 fully saturated rings. The molecule has 0 N–H and O–H groups in total. The van der Waals surface area contributed by atoms with Crippen molar-refractivity contribution in [3.05, 3.63) is 22.9 Å². The van der Waals surface area contributed by atoms with Crippen LogP contribution in [0.2, 0.25) is 0 Å². The molecular formula is C14H18N4OS. The summed E-state index contributed by atoms with van der Waals surface area (Å²) in [6, 6.07) is 0. The van der Waals surface area contributed by atoms with Crippen molar-refractivity contribution in [2.24, 2.45) is 4.99 Å². The molecule has 0 aromatic carbocycles. The van der Waals surface area contributed by atoms with Crippen molar-refractivity contribution in [2.45, 2.75) is 32.7 Å². The molecule has 1 amide bonds. The predicted molar refractivity (Wildman–Crippen MR) is 81.3 cm³/mol. The van der Waals surface area contributed by atoms with Gasteiger partial charge in [0.15, 0.2) is 5.17 Å². The highest BCUT2D eigenvalue weighted by Gasteiger charge is 2.26. The van der Waals surface area contributed by atoms with Crippen LogP contribution in [-0.2, 0) is 11.3 Å². The lowest BCUT2D eigenvalue weighted by Crippen LogP contribution is -2.33. The molecule has 1 aromatic rings. The van der Waals surface area contributed by atoms with Crippen LogP contribution in [-0.4, -0.2) is 38.8 Å². The first-order valence-corrected chi connectivity index (χ1v) is 7.88. The first-order valence-electron chi connectivity index (χ1n) is 7.06. The number of carbonyl (C=O) groups is 1. The maximum absolute atomic E-state index is 12.0. The van der Waals surface area contributed by atoms with Crippen LogP contribution in [0, 0.1) is 0 Å². The fraction of sp³-hybridized carbons (Fsp3) is 0.500. The molecule has 6 heteroatoms. The van der Waals surface area contributed by atoms with E-state index in [-0.39, 0.29) is 5.91 Å². The zero-order valence-corrected chi connectivity index (χ0v) is 12.4. The number of likely N-dealkylation sites (tertiary alicyclic amines) is 1. The predicted octanol–water partition coefficient (Wildman–Crippen LogP) is 2.36. The van der Waals surface area contributed by atoms with Crippen LogP contribution in [0.25, 0.3) is 6.08 Å². The number of aliphatic imine (C=N–C) groups is 1. The van der Waals surface area contributed by atoms with Crippen molar-refractivity contribution >= 4 is 28.9 Å². The Morgan fingerprint density at radius 2 is 2.15 bits per heavy atom. The van der Waals surface area contributed by atoms with Crippen LogP contribution in [0.3, 0.4) is 0 Å². The van der Waals surface area contributed by atoms with E-state index in [0.717, 1.165) is 30.4 Å². The maximum Gasteiger partial charge on any atom is 0.286 e. The molecule has 2 aliphatic rings. The third-order valence-electron chi connectivity index (χ3n) is 3.51. The topological polar surface area (TPSA) is 50.5 Å². The lowest BCUT2D eigenvalue weighted by Gasteiger charge is -2.27. The molecule has 106 valence electrons. The van der Waals surface area contributed by atoms with E-state index in [1.165, 1.54) is 31.0 Å². The number of hydrogen-bond donors (Lipinski definition) is 0. The van der Waals surface area contributed by atoms with Crippen molar-refractivity contribution in [3.8, 4) is 0 Å². The van der Waals surface area contributed by atoms with Crippen LogP contribution >= 0.6 is 11.8 Å². The van der Waals surface area contributed by atoms with Gasteiger partial charge < -0.3 is 4.90 Å². The highest BCUT2D eigenvalue weighted by molar-refractivity contribution is 8.18. The molecule has 20 heavy (non-hydrogen) atoms. The number of thioether (sulfide) groups is 1. The first-order chi connectivity index (χ1) is 9.76. The van der Waals surface area contributed by atoms with Gasteiger partial charge in [-0.3, -0.25) is 9.48 Å². The summed E-state index contributed by atoms with van der Waals surface area (Å²) >= 11 is 1.49. The second kappa shape index (κ2) is 5.83. The lowest BCUT2D eigenvalue weighted by atomic mass is 10.1. The highest BCUT2D eigenvalue weighted by Crippen LogP contribution is 2.31. The second-order valence-electron chi connectivity index (χ2n) is 4.99. The third-order valence-corrected chi connectivity index (χ3v) is 4.56. The molecule has 0 atom stereocenters. The lowest BCUT2D eigenvalue weighted by molar-refractivity contribution is -0.113. The molecule has 2 aliphatic heterocycles. The zero-order valence-electron chi connectivity index (χ0n) is 11.6. The molecule has 0 saturated carbocycles. The van der Waals surface area contributed by atoms with Gasteiger partial charge in [0.1, 0.15) is 0 Å². The van der Waals surface area contributed by atoms with Gasteiger partial charge in [-0.15, -0.1) is 0 Å². The van der Waals surface area contributed by atoms with Crippen molar-refractivity contribution in [3.63, 3.8) is 0 Å². The Balaban J connectivity index is 1.72. The van der Waals surface area contributed by atoms with Gasteiger partial charge in [-0.2, -0.15) is 10.1 Å². The minimum Gasteiger partial charge on any atom is -0.351 e. The number of hydrogen-bond acceptors (Lipinski definition) is 4. The number of aryl methyl sites for hydroxylation is 1. The average Bonchev–Trinajstić information content (AvgIpc) is 3.08. The average molecular weight is 290 g/mol. The smallest absolute Gasteiger partial charge is 0.286 e. The fourth-order valence-corrected chi connectivity index (χ4v) is 3.36. The van der Waals surface area contributed by atoms with Crippen LogP contribution in [0.5, 0.6) is 0 Å². The summed E-state index contributed by atoms with van der Waals surface area (Å²) in [5, 5.41) is 5.08. The number of amidine groups is 1. The number of aromatic nitrogens is 2. The quantitative estimate of drug-likeness (QED) is 0.785. The van der Waals surface area contributed by atoms with E-state index in [4.69, 9.17) is 0 Å². The van der Waals surface area contributed by atoms with E-state index in [1.54, 1.807) is 6.20 Å². The van der Waals surface area contributed by atoms with E-state index >= 15 is 0 Å². The highest BCUT2D eigenvalue weighted by atomic mass is 32.2. The van der Waals surface area contributed by atoms with Crippen molar-refractivity contribution in [2.75, 3.05) is 13.1 Å². The molecule has 0 radical (unpaired) electrons. The Morgan fingerprint density at radius 3 is 2.85 bits per heavy atom. The monoisotopic (exact) mass is 290 g/mol. The van der Waals surface area contributed by atoms with Gasteiger partial charge in [0.05, 0.1) is 11.1 Å². The Kier molecular flexibility index (Phi) is 3.91. The first kappa shape index (κ1) is 13.4. The molecule has 1 aromatic heterocycles. The van der Waals surface area contributed by atoms with Gasteiger partial charge >= 0.3 is 0 Å². The number of rotatable bonds is 2. The molecular weight excluding hydrogens is 272 g/mol. The summed E-state index contributed by atoms with van der Waals surface area (Å²) in [7, 11) is 0. The van der Waals surface area contributed by atoms with Crippen molar-refractivity contribution in [1.82, 2.24) is 14.7 Å². The molecule has 0 aliphatic carbocycles. The van der Waals surface area contributed by atoms with Crippen molar-refractivity contribution in [1.29, 1.82) is 0 Å².